The van der Waals surface area contributed by atoms with E-state index in [9.17, 15) is 8.42 Å². The molecule has 1 aromatic rings. The molecule has 114 valence electrons. The van der Waals surface area contributed by atoms with E-state index in [-0.39, 0.29) is 16.4 Å². The van der Waals surface area contributed by atoms with Crippen LogP contribution in [0.4, 0.5) is 0 Å². The van der Waals surface area contributed by atoms with Gasteiger partial charge in [-0.05, 0) is 32.8 Å². The Morgan fingerprint density at radius 2 is 1.80 bits per heavy atom. The lowest BCUT2D eigenvalue weighted by molar-refractivity contribution is 0.520. The molecule has 0 unspecified atom stereocenters. The Bertz CT molecular complexity index is 535. The Morgan fingerprint density at radius 1 is 1.20 bits per heavy atom. The molecule has 0 saturated heterocycles. The van der Waals surface area contributed by atoms with Crippen LogP contribution in [0.5, 0.6) is 0 Å². The summed E-state index contributed by atoms with van der Waals surface area (Å²) < 4.78 is 24.2. The maximum Gasteiger partial charge on any atom is 0.152 e. The summed E-state index contributed by atoms with van der Waals surface area (Å²) in [7, 11) is -3.01. The van der Waals surface area contributed by atoms with Crippen LogP contribution in [0, 0.1) is 6.92 Å². The van der Waals surface area contributed by atoms with Crippen LogP contribution in [0.15, 0.2) is 24.3 Å². The van der Waals surface area contributed by atoms with Gasteiger partial charge >= 0.3 is 0 Å². The molecule has 5 heteroatoms. The zero-order chi connectivity index (χ0) is 15.4. The highest BCUT2D eigenvalue weighted by Crippen LogP contribution is 2.33. The second-order valence-electron chi connectivity index (χ2n) is 5.58. The van der Waals surface area contributed by atoms with Crippen molar-refractivity contribution in [3.05, 3.63) is 35.4 Å². The summed E-state index contributed by atoms with van der Waals surface area (Å²) >= 11 is 7.15. The monoisotopic (exact) mass is 424 g/mol. The number of hydrogen-bond donors (Lipinski definition) is 0. The molecular weight excluding hydrogens is 404 g/mol. The maximum absolute atomic E-state index is 12.1. The Balaban J connectivity index is 3.05. The Kier molecular flexibility index (Phi) is 6.74. The molecule has 0 radical (unpaired) electrons. The zero-order valence-corrected chi connectivity index (χ0v) is 16.2. The molecule has 0 spiro atoms. The molecule has 0 aromatic heterocycles. The average molecular weight is 426 g/mol. The van der Waals surface area contributed by atoms with E-state index < -0.39 is 9.84 Å². The van der Waals surface area contributed by atoms with Crippen LogP contribution in [0.2, 0.25) is 0 Å². The lowest BCUT2D eigenvalue weighted by atomic mass is 9.81. The predicted octanol–water partition coefficient (Wildman–Crippen LogP) is 4.24. The van der Waals surface area contributed by atoms with Crippen molar-refractivity contribution in [1.29, 1.82) is 0 Å². The van der Waals surface area contributed by atoms with Gasteiger partial charge in [-0.25, -0.2) is 8.42 Å². The number of sulfone groups is 1. The van der Waals surface area contributed by atoms with Gasteiger partial charge in [0.2, 0.25) is 0 Å². The van der Waals surface area contributed by atoms with Crippen molar-refractivity contribution in [2.75, 3.05) is 16.4 Å². The molecule has 0 fully saturated rings. The third kappa shape index (κ3) is 4.31. The molecule has 0 atom stereocenters. The molecule has 0 bridgehead atoms. The number of hydrogen-bond acceptors (Lipinski definition) is 2. The number of halogens is 2. The van der Waals surface area contributed by atoms with Crippen LogP contribution >= 0.6 is 31.9 Å². The van der Waals surface area contributed by atoms with Gasteiger partial charge in [-0.15, -0.1) is 0 Å². The molecule has 0 saturated carbocycles. The lowest BCUT2D eigenvalue weighted by Crippen LogP contribution is -2.34. The van der Waals surface area contributed by atoms with E-state index in [2.05, 4.69) is 57.0 Å². The summed E-state index contributed by atoms with van der Waals surface area (Å²) in [6, 6.07) is 8.31. The van der Waals surface area contributed by atoms with E-state index in [0.717, 1.165) is 10.7 Å². The van der Waals surface area contributed by atoms with Crippen LogP contribution in [-0.2, 0) is 15.3 Å². The van der Waals surface area contributed by atoms with Gasteiger partial charge in [-0.2, -0.15) is 0 Å². The first-order valence-corrected chi connectivity index (χ1v) is 10.6. The third-order valence-corrected chi connectivity index (χ3v) is 8.08. The van der Waals surface area contributed by atoms with E-state index in [1.54, 1.807) is 13.8 Å². The fourth-order valence-electron chi connectivity index (χ4n) is 2.02. The molecular formula is C15H22Br2O2S. The molecule has 0 amide bonds. The summed E-state index contributed by atoms with van der Waals surface area (Å²) in [4.78, 5) is 0. The SMILES string of the molecule is Cc1cccc(C(CBr)(CBr)CCS(=O)(=O)C(C)C)c1. The first kappa shape index (κ1) is 18.2. The fourth-order valence-corrected chi connectivity index (χ4v) is 5.30. The van der Waals surface area contributed by atoms with E-state index in [0.29, 0.717) is 6.42 Å². The summed E-state index contributed by atoms with van der Waals surface area (Å²) in [5, 5.41) is 1.16. The van der Waals surface area contributed by atoms with Gasteiger partial charge in [0.05, 0.1) is 11.0 Å². The largest absolute Gasteiger partial charge is 0.229 e. The van der Waals surface area contributed by atoms with Crippen molar-refractivity contribution in [3.63, 3.8) is 0 Å². The highest BCUT2D eigenvalue weighted by atomic mass is 79.9. The zero-order valence-electron chi connectivity index (χ0n) is 12.2. The molecule has 0 heterocycles. The Hall–Kier alpha value is 0.130. The minimum Gasteiger partial charge on any atom is -0.229 e. The summed E-state index contributed by atoms with van der Waals surface area (Å²) in [6.07, 6.45) is 0.619. The van der Waals surface area contributed by atoms with Crippen molar-refractivity contribution in [3.8, 4) is 0 Å². The van der Waals surface area contributed by atoms with Crippen molar-refractivity contribution in [2.45, 2.75) is 37.9 Å². The number of alkyl halides is 2. The van der Waals surface area contributed by atoms with Crippen LogP contribution in [0.1, 0.15) is 31.4 Å². The summed E-state index contributed by atoms with van der Waals surface area (Å²) in [5.74, 6) is 0.218. The van der Waals surface area contributed by atoms with Crippen LogP contribution in [0.25, 0.3) is 0 Å². The third-order valence-electron chi connectivity index (χ3n) is 3.73. The topological polar surface area (TPSA) is 34.1 Å². The minimum atomic E-state index is -3.01. The standard InChI is InChI=1S/C15H22Br2O2S/c1-12(2)20(18,19)8-7-15(10-16,11-17)14-6-4-5-13(3)9-14/h4-6,9,12H,7-8,10-11H2,1-3H3. The molecule has 0 aliphatic carbocycles. The highest BCUT2D eigenvalue weighted by molar-refractivity contribution is 9.09. The second kappa shape index (κ2) is 7.41. The Labute approximate surface area is 139 Å². The van der Waals surface area contributed by atoms with Gasteiger partial charge in [-0.1, -0.05) is 61.7 Å². The maximum atomic E-state index is 12.1. The van der Waals surface area contributed by atoms with Crippen molar-refractivity contribution in [2.24, 2.45) is 0 Å². The van der Waals surface area contributed by atoms with E-state index in [4.69, 9.17) is 0 Å². The van der Waals surface area contributed by atoms with Crippen molar-refractivity contribution < 1.29 is 8.42 Å². The summed E-state index contributed by atoms with van der Waals surface area (Å²) in [6.45, 7) is 5.54. The smallest absolute Gasteiger partial charge is 0.152 e. The number of aryl methyl sites for hydroxylation is 1. The van der Waals surface area contributed by atoms with Gasteiger partial charge in [0.15, 0.2) is 9.84 Å². The van der Waals surface area contributed by atoms with Crippen LogP contribution in [0.3, 0.4) is 0 Å². The van der Waals surface area contributed by atoms with Gasteiger partial charge in [0.25, 0.3) is 0 Å². The fraction of sp³-hybridized carbons (Fsp3) is 0.600. The Morgan fingerprint density at radius 3 is 2.25 bits per heavy atom. The first-order valence-electron chi connectivity index (χ1n) is 6.68. The molecule has 0 aliphatic rings. The molecule has 1 rings (SSSR count). The van der Waals surface area contributed by atoms with Gasteiger partial charge in [0, 0.05) is 16.1 Å². The van der Waals surface area contributed by atoms with Gasteiger partial charge in [-0.3, -0.25) is 0 Å². The van der Waals surface area contributed by atoms with E-state index in [1.165, 1.54) is 11.1 Å². The highest BCUT2D eigenvalue weighted by Gasteiger charge is 2.32. The normalized spacial score (nSPS) is 12.9. The molecule has 0 N–H and O–H groups in total. The number of rotatable bonds is 7. The molecule has 2 nitrogen and oxygen atoms in total. The predicted molar refractivity (Wildman–Crippen MR) is 94.0 cm³/mol. The quantitative estimate of drug-likeness (QED) is 0.612. The van der Waals surface area contributed by atoms with E-state index in [1.807, 2.05) is 6.07 Å². The van der Waals surface area contributed by atoms with E-state index >= 15 is 0 Å². The van der Waals surface area contributed by atoms with Crippen molar-refractivity contribution >= 4 is 41.7 Å². The number of benzene rings is 1. The summed E-state index contributed by atoms with van der Waals surface area (Å²) in [5.41, 5.74) is 2.19. The van der Waals surface area contributed by atoms with Crippen molar-refractivity contribution in [1.82, 2.24) is 0 Å². The average Bonchev–Trinajstić information content (AvgIpc) is 2.40. The van der Waals surface area contributed by atoms with Gasteiger partial charge < -0.3 is 0 Å². The van der Waals surface area contributed by atoms with Gasteiger partial charge in [0.1, 0.15) is 0 Å². The molecule has 1 aromatic carbocycles. The molecule has 20 heavy (non-hydrogen) atoms. The first-order chi connectivity index (χ1) is 9.27. The van der Waals surface area contributed by atoms with Crippen LogP contribution < -0.4 is 0 Å². The molecule has 0 aliphatic heterocycles. The second-order valence-corrected chi connectivity index (χ2v) is 9.38. The van der Waals surface area contributed by atoms with Crippen LogP contribution in [-0.4, -0.2) is 30.1 Å². The lowest BCUT2D eigenvalue weighted by Gasteiger charge is -2.31. The minimum absolute atomic E-state index is 0.187.